The summed E-state index contributed by atoms with van der Waals surface area (Å²) in [5.41, 5.74) is 13.2. The molecule has 0 spiro atoms. The highest BCUT2D eigenvalue weighted by molar-refractivity contribution is 7.15. The maximum absolute atomic E-state index is 13.2. The number of piperidine rings is 2. The van der Waals surface area contributed by atoms with E-state index in [-0.39, 0.29) is 85.7 Å². The molecular formula is C77H89Cl2N15O11S2. The van der Waals surface area contributed by atoms with Gasteiger partial charge in [-0.1, -0.05) is 105 Å². The zero-order valence-electron chi connectivity index (χ0n) is 60.8. The van der Waals surface area contributed by atoms with Crippen LogP contribution in [-0.2, 0) is 33.6 Å². The third kappa shape index (κ3) is 20.1. The number of nitrogens with two attached hydrogens (primary N) is 1. The lowest BCUT2D eigenvalue weighted by molar-refractivity contribution is -0.137. The number of halogens is 2. The maximum Gasteiger partial charge on any atom is 0.298 e. The van der Waals surface area contributed by atoms with Crippen LogP contribution < -0.4 is 42.9 Å². The highest BCUT2D eigenvalue weighted by atomic mass is 35.5. The van der Waals surface area contributed by atoms with Gasteiger partial charge in [0.15, 0.2) is 17.4 Å². The number of aromatic nitrogens is 8. The molecule has 0 aliphatic carbocycles. The number of nitrogens with one attached hydrogen (secondary N) is 4. The van der Waals surface area contributed by atoms with E-state index in [0.717, 1.165) is 136 Å². The number of fused-ring (bicyclic) bond motifs is 6. The number of pyridine rings is 2. The summed E-state index contributed by atoms with van der Waals surface area (Å²) in [5.74, 6) is 1.12. The van der Waals surface area contributed by atoms with Crippen molar-refractivity contribution in [1.29, 1.82) is 0 Å². The van der Waals surface area contributed by atoms with Crippen LogP contribution in [0.3, 0.4) is 0 Å². The molecule has 8 aromatic rings. The minimum absolute atomic E-state index is 0.0206. The molecule has 0 bridgehead atoms. The molecule has 6 aromatic heterocycles. The first kappa shape index (κ1) is 79.8. The van der Waals surface area contributed by atoms with Gasteiger partial charge in [-0.2, -0.15) is 0 Å². The Balaban J connectivity index is 0.000000194. The minimum Gasteiger partial charge on any atom is -0.427 e. The number of carbonyl (C=O) groups is 8. The Morgan fingerprint density at radius 1 is 0.551 bits per heavy atom. The normalized spacial score (nSPS) is 16.5. The molecule has 107 heavy (non-hydrogen) atoms. The van der Waals surface area contributed by atoms with Crippen molar-refractivity contribution in [2.75, 3.05) is 19.6 Å². The molecule has 6 N–H and O–H groups in total. The Morgan fingerprint density at radius 2 is 0.972 bits per heavy atom. The second-order valence-electron chi connectivity index (χ2n) is 26.9. The Bertz CT molecular complexity index is 4780. The molecule has 6 amide bonds. The number of aryl methyl sites for hydroxylation is 4. The van der Waals surface area contributed by atoms with Crippen molar-refractivity contribution in [1.82, 2.24) is 59.9 Å². The predicted molar refractivity (Wildman–Crippen MR) is 411 cm³/mol. The third-order valence-corrected chi connectivity index (χ3v) is 22.2. The van der Waals surface area contributed by atoms with Crippen LogP contribution in [0.4, 0.5) is 0 Å². The summed E-state index contributed by atoms with van der Waals surface area (Å²) in [6.45, 7) is 14.6. The number of aliphatic imine (C=N–C) groups is 2. The van der Waals surface area contributed by atoms with Crippen LogP contribution >= 0.6 is 45.9 Å². The van der Waals surface area contributed by atoms with E-state index in [1.54, 1.807) is 22.7 Å². The second-order valence-corrected chi connectivity index (χ2v) is 30.2. The number of rotatable bonds is 29. The summed E-state index contributed by atoms with van der Waals surface area (Å²) >= 11 is 15.8. The molecule has 2 fully saturated rings. The average Bonchev–Trinajstić information content (AvgIpc) is 1.60. The summed E-state index contributed by atoms with van der Waals surface area (Å²) in [5, 5.41) is 31.7. The Morgan fingerprint density at radius 3 is 1.41 bits per heavy atom. The molecule has 30 heteroatoms. The highest BCUT2D eigenvalue weighted by Gasteiger charge is 2.36. The van der Waals surface area contributed by atoms with Crippen molar-refractivity contribution < 1.29 is 43.1 Å². The smallest absolute Gasteiger partial charge is 0.298 e. The largest absolute Gasteiger partial charge is 0.427 e. The van der Waals surface area contributed by atoms with Gasteiger partial charge in [0.05, 0.1) is 30.5 Å². The monoisotopic (exact) mass is 1530 g/mol. The number of amides is 6. The van der Waals surface area contributed by atoms with Crippen LogP contribution in [0.25, 0.3) is 10.0 Å². The van der Waals surface area contributed by atoms with Gasteiger partial charge in [0.25, 0.3) is 17.6 Å². The SMILES string of the molecule is Cc1sc2c(c1C)C(c1ccc(Cl)cc1)=N[C@@H](CC(=O)NCCCCCCCCCC(=O)c1ccc(=O)n(C3CCC(=O)NC3=O)c1)c1nnc(C)n1-2.Cc1sc2c(c1C)C(c1ccc(Cl)cc1)=N[C@@H](CC(=O)NCCCCCCCCN)c1nnc(C)n1-2.O=COc1ccc(=O)n(C2CCC(=O)NC2=O)c1. The van der Waals surface area contributed by atoms with E-state index in [1.807, 2.05) is 66.9 Å². The zero-order valence-corrected chi connectivity index (χ0v) is 64.0. The van der Waals surface area contributed by atoms with Crippen molar-refractivity contribution in [3.8, 4) is 15.8 Å². The number of ether oxygens (including phenoxy) is 1. The molecule has 4 atom stereocenters. The molecule has 2 unspecified atom stereocenters. The first-order chi connectivity index (χ1) is 51.5. The number of carbonyl (C=O) groups excluding carboxylic acids is 8. The number of ketones is 1. The fraction of sp³-hybridized carbons (Fsp3) is 0.429. The molecule has 4 aliphatic rings. The van der Waals surface area contributed by atoms with E-state index in [9.17, 15) is 47.9 Å². The van der Waals surface area contributed by atoms with Gasteiger partial charge in [-0.25, -0.2) is 0 Å². The number of hydrogen-bond acceptors (Lipinski definition) is 20. The van der Waals surface area contributed by atoms with E-state index in [1.165, 1.54) is 75.8 Å². The Labute approximate surface area is 637 Å². The van der Waals surface area contributed by atoms with Gasteiger partial charge in [-0.05, 0) is 134 Å². The van der Waals surface area contributed by atoms with Crippen LogP contribution in [0.15, 0.2) is 105 Å². The highest BCUT2D eigenvalue weighted by Crippen LogP contribution is 2.42. The first-order valence-electron chi connectivity index (χ1n) is 36.2. The van der Waals surface area contributed by atoms with Crippen LogP contribution in [0, 0.1) is 41.5 Å². The summed E-state index contributed by atoms with van der Waals surface area (Å²) in [4.78, 5) is 132. The van der Waals surface area contributed by atoms with Gasteiger partial charge in [-0.3, -0.25) is 82.3 Å². The standard InChI is InChI=1S/C39H44ClN7O5S.C27H35ClN6OS.C11H10N2O5/c1-23-24(2)53-39-35(23)36(26-12-15-28(40)16-13-26)42-29(37-45-44-25(3)47(37)39)21-33(50)41-20-10-8-6-4-5-7-9-11-31(48)27-14-19-34(51)46(22-27)30-17-18-32(49)43-38(30)52;1-17-18(2)36-27-24(17)25(20-10-12-21(28)13-11-20)31-22(26-33-32-19(3)34(26)27)16-23(35)30-15-9-7-5-4-6-8-14-29;14-6-18-7-1-4-10(16)13(5-7)8-2-3-9(15)12-11(8)17/h12-16,19,22,29-30H,4-11,17-18,20-21H2,1-3H3,(H,41,50)(H,43,49,52);10-13,22H,4-9,14-16,29H2,1-3H3,(H,30,35);1,4-6,8H,2-3H2,(H,12,15,17)/t29-,30?;22-;/m00./s1. The predicted octanol–water partition coefficient (Wildman–Crippen LogP) is 11.4. The quantitative estimate of drug-likeness (QED) is 0.0126. The van der Waals surface area contributed by atoms with Gasteiger partial charge in [-0.15, -0.1) is 43.1 Å². The molecule has 0 radical (unpaired) electrons. The van der Waals surface area contributed by atoms with E-state index >= 15 is 0 Å². The number of benzene rings is 2. The van der Waals surface area contributed by atoms with Crippen molar-refractivity contribution in [3.63, 3.8) is 0 Å². The van der Waals surface area contributed by atoms with Gasteiger partial charge in [0.1, 0.15) is 51.6 Å². The molecular weight excluding hydrogens is 1450 g/mol. The van der Waals surface area contributed by atoms with Crippen molar-refractivity contribution >= 4 is 105 Å². The number of Topliss-reactive ketones (excluding diaryl/α,β-unsaturated/α-hetero) is 1. The summed E-state index contributed by atoms with van der Waals surface area (Å²) in [6.07, 6.45) is 17.5. The minimum atomic E-state index is -0.790. The van der Waals surface area contributed by atoms with E-state index in [0.29, 0.717) is 46.8 Å². The Kier molecular flexibility index (Phi) is 28.1. The zero-order chi connectivity index (χ0) is 76.4. The van der Waals surface area contributed by atoms with Gasteiger partial charge in [0.2, 0.25) is 35.4 Å². The number of hydrogen-bond donors (Lipinski definition) is 5. The van der Waals surface area contributed by atoms with E-state index in [4.69, 9.17) is 38.9 Å². The fourth-order valence-corrected chi connectivity index (χ4v) is 16.0. The molecule has 2 saturated heterocycles. The summed E-state index contributed by atoms with van der Waals surface area (Å²) in [7, 11) is 0. The van der Waals surface area contributed by atoms with E-state index < -0.39 is 41.5 Å². The molecule has 12 rings (SSSR count). The number of thiophene rings is 2. The van der Waals surface area contributed by atoms with Gasteiger partial charge in [0, 0.05) is 98.3 Å². The Hall–Kier alpha value is -9.74. The van der Waals surface area contributed by atoms with Gasteiger partial charge >= 0.3 is 0 Å². The van der Waals surface area contributed by atoms with E-state index in [2.05, 4.69) is 78.7 Å². The molecule has 0 saturated carbocycles. The average molecular weight is 1540 g/mol. The maximum atomic E-state index is 13.2. The first-order valence-corrected chi connectivity index (χ1v) is 38.6. The lowest BCUT2D eigenvalue weighted by atomic mass is 9.99. The molecule has 10 heterocycles. The van der Waals surface area contributed by atoms with Crippen LogP contribution in [-0.4, -0.2) is 117 Å². The number of unbranched alkanes of at least 4 members (excludes halogenated alkanes) is 11. The van der Waals surface area contributed by atoms with Crippen molar-refractivity contribution in [2.45, 2.75) is 194 Å². The van der Waals surface area contributed by atoms with Crippen molar-refractivity contribution in [3.05, 3.63) is 188 Å². The number of nitrogens with zero attached hydrogens (tertiary/aromatic N) is 10. The molecule has 26 nitrogen and oxygen atoms in total. The second kappa shape index (κ2) is 37.7. The van der Waals surface area contributed by atoms with Crippen LogP contribution in [0.2, 0.25) is 10.0 Å². The number of imide groups is 2. The molecule has 2 aromatic carbocycles. The lowest BCUT2D eigenvalue weighted by Gasteiger charge is -2.23. The topological polar surface area (TPSA) is 350 Å². The summed E-state index contributed by atoms with van der Waals surface area (Å²) < 4.78 is 11.1. The molecule has 564 valence electrons. The molecule has 4 aliphatic heterocycles. The fourth-order valence-electron chi connectivity index (χ4n) is 13.3. The summed E-state index contributed by atoms with van der Waals surface area (Å²) in [6, 6.07) is 18.2. The van der Waals surface area contributed by atoms with Crippen LogP contribution in [0.1, 0.15) is 229 Å². The van der Waals surface area contributed by atoms with Crippen LogP contribution in [0.5, 0.6) is 5.75 Å². The lowest BCUT2D eigenvalue weighted by Crippen LogP contribution is -2.44. The third-order valence-electron chi connectivity index (χ3n) is 19.3. The van der Waals surface area contributed by atoms with Gasteiger partial charge < -0.3 is 25.7 Å². The van der Waals surface area contributed by atoms with Crippen molar-refractivity contribution in [2.24, 2.45) is 15.7 Å².